The minimum Gasteiger partial charge on any atom is -0.381 e. The van der Waals surface area contributed by atoms with Crippen LogP contribution in [0, 0.1) is 6.92 Å². The molecule has 0 aliphatic carbocycles. The highest BCUT2D eigenvalue weighted by molar-refractivity contribution is 6.05. The number of amides is 1. The Kier molecular flexibility index (Phi) is 4.19. The maximum Gasteiger partial charge on any atom is 0.259 e. The molecule has 3 heterocycles. The lowest BCUT2D eigenvalue weighted by atomic mass is 10.1. The lowest BCUT2D eigenvalue weighted by molar-refractivity contribution is 0.0656. The smallest absolute Gasteiger partial charge is 0.259 e. The number of hydrogen-bond donors (Lipinski definition) is 1. The summed E-state index contributed by atoms with van der Waals surface area (Å²) in [5.74, 6) is -0.159. The molecule has 0 unspecified atom stereocenters. The molecule has 25 heavy (non-hydrogen) atoms. The lowest BCUT2D eigenvalue weighted by Crippen LogP contribution is -2.22. The fourth-order valence-corrected chi connectivity index (χ4v) is 3.28. The van der Waals surface area contributed by atoms with E-state index < -0.39 is 0 Å². The Morgan fingerprint density at radius 3 is 2.88 bits per heavy atom. The second-order valence-electron chi connectivity index (χ2n) is 6.30. The van der Waals surface area contributed by atoms with Crippen molar-refractivity contribution in [3.8, 4) is 0 Å². The van der Waals surface area contributed by atoms with Crippen molar-refractivity contribution in [3.05, 3.63) is 54.0 Å². The number of carbonyl (C=O) groups is 1. The number of nitrogens with zero attached hydrogens (tertiary/aromatic N) is 3. The normalized spacial score (nSPS) is 15.4. The van der Waals surface area contributed by atoms with Crippen LogP contribution in [0.5, 0.6) is 0 Å². The topological polar surface area (TPSA) is 69.0 Å². The van der Waals surface area contributed by atoms with Gasteiger partial charge in [0.05, 0.1) is 35.2 Å². The van der Waals surface area contributed by atoms with Crippen LogP contribution in [0.15, 0.2) is 42.7 Å². The van der Waals surface area contributed by atoms with Crippen LogP contribution >= 0.6 is 0 Å². The number of pyridine rings is 1. The number of carbonyl (C=O) groups excluding carboxylic acids is 1. The third-order valence-corrected chi connectivity index (χ3v) is 4.67. The molecular formula is C19H20N4O2. The average Bonchev–Trinajstić information content (AvgIpc) is 3.04. The van der Waals surface area contributed by atoms with E-state index in [4.69, 9.17) is 4.74 Å². The molecule has 128 valence electrons. The number of anilines is 1. The lowest BCUT2D eigenvalue weighted by Gasteiger charge is -2.23. The summed E-state index contributed by atoms with van der Waals surface area (Å²) >= 11 is 0. The molecular weight excluding hydrogens is 316 g/mol. The Morgan fingerprint density at radius 2 is 2.04 bits per heavy atom. The Balaban J connectivity index is 1.55. The maximum atomic E-state index is 12.7. The first kappa shape index (κ1) is 15.8. The molecule has 1 aromatic carbocycles. The zero-order valence-corrected chi connectivity index (χ0v) is 14.1. The number of nitrogens with one attached hydrogen (secondary N) is 1. The Labute approximate surface area is 145 Å². The van der Waals surface area contributed by atoms with E-state index in [1.807, 2.05) is 41.9 Å². The van der Waals surface area contributed by atoms with E-state index in [1.54, 1.807) is 12.4 Å². The maximum absolute atomic E-state index is 12.7. The van der Waals surface area contributed by atoms with Gasteiger partial charge in [0.2, 0.25) is 0 Å². The van der Waals surface area contributed by atoms with Crippen molar-refractivity contribution in [2.24, 2.45) is 0 Å². The number of para-hydroxylation sites is 1. The molecule has 1 aliphatic rings. The fraction of sp³-hybridized carbons (Fsp3) is 0.316. The van der Waals surface area contributed by atoms with Gasteiger partial charge in [-0.05, 0) is 31.9 Å². The SMILES string of the molecule is Cc1c(C(=O)Nc2cnc3ccccc3c2)cnn1C1CCOCC1. The Morgan fingerprint density at radius 1 is 1.24 bits per heavy atom. The minimum absolute atomic E-state index is 0.159. The van der Waals surface area contributed by atoms with E-state index in [9.17, 15) is 4.79 Å². The van der Waals surface area contributed by atoms with Crippen LogP contribution in [0.2, 0.25) is 0 Å². The molecule has 4 rings (SSSR count). The molecule has 1 saturated heterocycles. The molecule has 0 atom stereocenters. The van der Waals surface area contributed by atoms with Gasteiger partial charge < -0.3 is 10.1 Å². The fourth-order valence-electron chi connectivity index (χ4n) is 3.28. The molecule has 0 bridgehead atoms. The van der Waals surface area contributed by atoms with Gasteiger partial charge in [-0.15, -0.1) is 0 Å². The van der Waals surface area contributed by atoms with Crippen LogP contribution in [-0.4, -0.2) is 33.9 Å². The zero-order valence-electron chi connectivity index (χ0n) is 14.1. The number of benzene rings is 1. The summed E-state index contributed by atoms with van der Waals surface area (Å²) in [6.07, 6.45) is 5.18. The summed E-state index contributed by atoms with van der Waals surface area (Å²) in [6.45, 7) is 3.43. The van der Waals surface area contributed by atoms with E-state index in [-0.39, 0.29) is 5.91 Å². The number of aromatic nitrogens is 3. The van der Waals surface area contributed by atoms with Crippen molar-refractivity contribution in [2.75, 3.05) is 18.5 Å². The van der Waals surface area contributed by atoms with Gasteiger partial charge in [-0.2, -0.15) is 5.10 Å². The standard InChI is InChI=1S/C19H20N4O2/c1-13-17(12-21-23(13)16-6-8-25-9-7-16)19(24)22-15-10-14-4-2-3-5-18(14)20-11-15/h2-5,10-12,16H,6-9H2,1H3,(H,22,24). The van der Waals surface area contributed by atoms with E-state index >= 15 is 0 Å². The molecule has 1 fully saturated rings. The van der Waals surface area contributed by atoms with Gasteiger partial charge in [0.15, 0.2) is 0 Å². The number of hydrogen-bond acceptors (Lipinski definition) is 4. The highest BCUT2D eigenvalue weighted by Gasteiger charge is 2.22. The number of rotatable bonds is 3. The third kappa shape index (κ3) is 3.13. The van der Waals surface area contributed by atoms with Crippen LogP contribution in [0.1, 0.15) is 34.9 Å². The van der Waals surface area contributed by atoms with Crippen molar-refractivity contribution < 1.29 is 9.53 Å². The Bertz CT molecular complexity index is 913. The van der Waals surface area contributed by atoms with Crippen LogP contribution in [-0.2, 0) is 4.74 Å². The van der Waals surface area contributed by atoms with E-state index in [1.165, 1.54) is 0 Å². The molecule has 1 N–H and O–H groups in total. The molecule has 0 radical (unpaired) electrons. The van der Waals surface area contributed by atoms with E-state index in [0.29, 0.717) is 17.3 Å². The van der Waals surface area contributed by atoms with Gasteiger partial charge in [0, 0.05) is 24.3 Å². The molecule has 6 nitrogen and oxygen atoms in total. The molecule has 6 heteroatoms. The van der Waals surface area contributed by atoms with Crippen LogP contribution in [0.25, 0.3) is 10.9 Å². The summed E-state index contributed by atoms with van der Waals surface area (Å²) in [4.78, 5) is 17.0. The van der Waals surface area contributed by atoms with Crippen molar-refractivity contribution >= 4 is 22.5 Å². The summed E-state index contributed by atoms with van der Waals surface area (Å²) in [7, 11) is 0. The second-order valence-corrected chi connectivity index (χ2v) is 6.30. The monoisotopic (exact) mass is 336 g/mol. The molecule has 1 amide bonds. The Hall–Kier alpha value is -2.73. The summed E-state index contributed by atoms with van der Waals surface area (Å²) < 4.78 is 7.36. The zero-order chi connectivity index (χ0) is 17.2. The quantitative estimate of drug-likeness (QED) is 0.796. The summed E-state index contributed by atoms with van der Waals surface area (Å²) in [5, 5.41) is 8.36. The van der Waals surface area contributed by atoms with Crippen molar-refractivity contribution in [1.29, 1.82) is 0 Å². The predicted molar refractivity (Wildman–Crippen MR) is 95.8 cm³/mol. The first-order chi connectivity index (χ1) is 12.2. The average molecular weight is 336 g/mol. The summed E-state index contributed by atoms with van der Waals surface area (Å²) in [6, 6.07) is 10.1. The van der Waals surface area contributed by atoms with Gasteiger partial charge >= 0.3 is 0 Å². The van der Waals surface area contributed by atoms with Crippen LogP contribution in [0.4, 0.5) is 5.69 Å². The largest absolute Gasteiger partial charge is 0.381 e. The predicted octanol–water partition coefficient (Wildman–Crippen LogP) is 3.34. The van der Waals surface area contributed by atoms with Crippen LogP contribution < -0.4 is 5.32 Å². The van der Waals surface area contributed by atoms with Gasteiger partial charge in [-0.3, -0.25) is 14.5 Å². The number of ether oxygens (including phenoxy) is 1. The first-order valence-electron chi connectivity index (χ1n) is 8.50. The highest BCUT2D eigenvalue weighted by Crippen LogP contribution is 2.24. The molecule has 0 spiro atoms. The summed E-state index contributed by atoms with van der Waals surface area (Å²) in [5.41, 5.74) is 3.07. The van der Waals surface area contributed by atoms with Gasteiger partial charge in [-0.1, -0.05) is 18.2 Å². The molecule has 0 saturated carbocycles. The van der Waals surface area contributed by atoms with E-state index in [0.717, 1.165) is 42.7 Å². The van der Waals surface area contributed by atoms with Crippen molar-refractivity contribution in [3.63, 3.8) is 0 Å². The first-order valence-corrected chi connectivity index (χ1v) is 8.50. The molecule has 1 aliphatic heterocycles. The minimum atomic E-state index is -0.159. The molecule has 3 aromatic rings. The third-order valence-electron chi connectivity index (χ3n) is 4.67. The second kappa shape index (κ2) is 6.64. The van der Waals surface area contributed by atoms with Gasteiger partial charge in [-0.25, -0.2) is 0 Å². The van der Waals surface area contributed by atoms with Crippen molar-refractivity contribution in [2.45, 2.75) is 25.8 Å². The van der Waals surface area contributed by atoms with Gasteiger partial charge in [0.1, 0.15) is 0 Å². The van der Waals surface area contributed by atoms with Crippen molar-refractivity contribution in [1.82, 2.24) is 14.8 Å². The molecule has 2 aromatic heterocycles. The van der Waals surface area contributed by atoms with E-state index in [2.05, 4.69) is 15.4 Å². The van der Waals surface area contributed by atoms with Gasteiger partial charge in [0.25, 0.3) is 5.91 Å². The number of fused-ring (bicyclic) bond motifs is 1. The van der Waals surface area contributed by atoms with Crippen LogP contribution in [0.3, 0.4) is 0 Å². The highest BCUT2D eigenvalue weighted by atomic mass is 16.5.